The normalized spacial score (nSPS) is 21.1. The first-order valence-corrected chi connectivity index (χ1v) is 5.64. The number of allylic oxidation sites excluding steroid dienone is 1. The van der Waals surface area contributed by atoms with E-state index in [9.17, 15) is 0 Å². The Balaban J connectivity index is 2.52. The monoisotopic (exact) mass is 197 g/mol. The zero-order valence-corrected chi connectivity index (χ0v) is 9.42. The van der Waals surface area contributed by atoms with Crippen molar-refractivity contribution < 1.29 is 0 Å². The summed E-state index contributed by atoms with van der Waals surface area (Å²) >= 11 is 0. The molecule has 1 unspecified atom stereocenters. The van der Waals surface area contributed by atoms with Crippen molar-refractivity contribution in [3.05, 3.63) is 11.8 Å². The van der Waals surface area contributed by atoms with Gasteiger partial charge in [0.2, 0.25) is 0 Å². The number of hydrogen-bond donors (Lipinski definition) is 2. The Morgan fingerprint density at radius 2 is 2.14 bits per heavy atom. The van der Waals surface area contributed by atoms with Crippen molar-refractivity contribution in [3.8, 4) is 0 Å². The molecule has 1 aliphatic heterocycles. The van der Waals surface area contributed by atoms with Gasteiger partial charge in [0, 0.05) is 44.3 Å². The van der Waals surface area contributed by atoms with Crippen molar-refractivity contribution >= 4 is 0 Å². The van der Waals surface area contributed by atoms with Gasteiger partial charge < -0.3 is 16.0 Å². The van der Waals surface area contributed by atoms with Crippen LogP contribution in [0.1, 0.15) is 26.7 Å². The van der Waals surface area contributed by atoms with Crippen molar-refractivity contribution in [2.75, 3.05) is 26.2 Å². The van der Waals surface area contributed by atoms with Gasteiger partial charge in [-0.3, -0.25) is 0 Å². The average Bonchev–Trinajstić information content (AvgIpc) is 2.18. The van der Waals surface area contributed by atoms with Gasteiger partial charge in [-0.15, -0.1) is 0 Å². The van der Waals surface area contributed by atoms with E-state index >= 15 is 0 Å². The lowest BCUT2D eigenvalue weighted by Crippen LogP contribution is -2.43. The third-order valence-corrected chi connectivity index (χ3v) is 2.49. The molecule has 0 radical (unpaired) electrons. The van der Waals surface area contributed by atoms with Crippen LogP contribution in [0.15, 0.2) is 11.8 Å². The highest BCUT2D eigenvalue weighted by Crippen LogP contribution is 2.12. The lowest BCUT2D eigenvalue weighted by atomic mass is 10.1. The number of nitrogens with zero attached hydrogens (tertiary/aromatic N) is 1. The van der Waals surface area contributed by atoms with Crippen LogP contribution in [0.3, 0.4) is 0 Å². The second kappa shape index (κ2) is 6.04. The zero-order valence-electron chi connectivity index (χ0n) is 9.42. The van der Waals surface area contributed by atoms with Crippen molar-refractivity contribution in [1.29, 1.82) is 0 Å². The van der Waals surface area contributed by atoms with Crippen LogP contribution < -0.4 is 11.1 Å². The van der Waals surface area contributed by atoms with Crippen molar-refractivity contribution in [2.24, 2.45) is 5.73 Å². The van der Waals surface area contributed by atoms with Gasteiger partial charge in [0.25, 0.3) is 0 Å². The number of piperazine rings is 1. The molecule has 1 aliphatic rings. The second-order valence-corrected chi connectivity index (χ2v) is 4.02. The summed E-state index contributed by atoms with van der Waals surface area (Å²) in [5, 5.41) is 3.36. The van der Waals surface area contributed by atoms with Gasteiger partial charge in [0.05, 0.1) is 0 Å². The summed E-state index contributed by atoms with van der Waals surface area (Å²) in [5.41, 5.74) is 7.28. The Morgan fingerprint density at radius 3 is 2.64 bits per heavy atom. The fourth-order valence-corrected chi connectivity index (χ4v) is 1.86. The van der Waals surface area contributed by atoms with Gasteiger partial charge >= 0.3 is 0 Å². The quantitative estimate of drug-likeness (QED) is 0.704. The molecular weight excluding hydrogens is 174 g/mol. The summed E-state index contributed by atoms with van der Waals surface area (Å²) in [6.07, 6.45) is 4.43. The first-order valence-electron chi connectivity index (χ1n) is 5.64. The van der Waals surface area contributed by atoms with E-state index in [0.29, 0.717) is 0 Å². The van der Waals surface area contributed by atoms with E-state index in [1.54, 1.807) is 0 Å². The maximum Gasteiger partial charge on any atom is 0.0300 e. The molecule has 1 fully saturated rings. The molecule has 1 atom stereocenters. The molecule has 82 valence electrons. The molecule has 0 aliphatic carbocycles. The number of nitrogens with one attached hydrogen (secondary N) is 1. The molecule has 1 rings (SSSR count). The molecule has 3 nitrogen and oxygen atoms in total. The minimum Gasteiger partial charge on any atom is -0.372 e. The predicted molar refractivity (Wildman–Crippen MR) is 61.1 cm³/mol. The van der Waals surface area contributed by atoms with Gasteiger partial charge in [0.15, 0.2) is 0 Å². The minimum absolute atomic E-state index is 0.266. The van der Waals surface area contributed by atoms with E-state index in [4.69, 9.17) is 5.73 Å². The van der Waals surface area contributed by atoms with Crippen LogP contribution in [0.25, 0.3) is 0 Å². The summed E-state index contributed by atoms with van der Waals surface area (Å²) < 4.78 is 0. The van der Waals surface area contributed by atoms with E-state index in [-0.39, 0.29) is 6.04 Å². The second-order valence-electron chi connectivity index (χ2n) is 4.02. The van der Waals surface area contributed by atoms with E-state index in [1.165, 1.54) is 5.70 Å². The zero-order chi connectivity index (χ0) is 10.4. The largest absolute Gasteiger partial charge is 0.372 e. The molecule has 1 saturated heterocycles. The first kappa shape index (κ1) is 11.5. The summed E-state index contributed by atoms with van der Waals surface area (Å²) in [6, 6.07) is 0.266. The molecule has 0 aromatic heterocycles. The van der Waals surface area contributed by atoms with Crippen LogP contribution in [-0.4, -0.2) is 37.1 Å². The fourth-order valence-electron chi connectivity index (χ4n) is 1.86. The van der Waals surface area contributed by atoms with Crippen LogP contribution in [0.2, 0.25) is 0 Å². The molecule has 3 N–H and O–H groups in total. The molecule has 1 heterocycles. The Kier molecular flexibility index (Phi) is 4.98. The summed E-state index contributed by atoms with van der Waals surface area (Å²) in [4.78, 5) is 2.46. The topological polar surface area (TPSA) is 41.3 Å². The third kappa shape index (κ3) is 3.68. The molecule has 14 heavy (non-hydrogen) atoms. The van der Waals surface area contributed by atoms with Gasteiger partial charge in [0.1, 0.15) is 0 Å². The average molecular weight is 197 g/mol. The number of nitrogens with two attached hydrogens (primary N) is 1. The molecule has 0 aromatic rings. The fraction of sp³-hybridized carbons (Fsp3) is 0.818. The van der Waals surface area contributed by atoms with Gasteiger partial charge in [-0.1, -0.05) is 13.0 Å². The Bertz CT molecular complexity index is 181. The SMILES string of the molecule is CC/C=C(\CC(C)N)N1CCNCC1. The molecule has 3 heteroatoms. The molecule has 0 saturated carbocycles. The number of rotatable bonds is 4. The first-order chi connectivity index (χ1) is 6.74. The highest BCUT2D eigenvalue weighted by Gasteiger charge is 2.13. The Hall–Kier alpha value is -0.540. The highest BCUT2D eigenvalue weighted by molar-refractivity contribution is 5.04. The van der Waals surface area contributed by atoms with Crippen molar-refractivity contribution in [1.82, 2.24) is 10.2 Å². The molecule has 0 amide bonds. The molecule has 0 aromatic carbocycles. The van der Waals surface area contributed by atoms with Gasteiger partial charge in [-0.2, -0.15) is 0 Å². The van der Waals surface area contributed by atoms with Crippen molar-refractivity contribution in [3.63, 3.8) is 0 Å². The lowest BCUT2D eigenvalue weighted by molar-refractivity contribution is 0.286. The van der Waals surface area contributed by atoms with Gasteiger partial charge in [-0.05, 0) is 13.3 Å². The summed E-state index contributed by atoms with van der Waals surface area (Å²) in [7, 11) is 0. The maximum absolute atomic E-state index is 5.85. The van der Waals surface area contributed by atoms with Crippen LogP contribution in [-0.2, 0) is 0 Å². The van der Waals surface area contributed by atoms with Crippen LogP contribution in [0.4, 0.5) is 0 Å². The lowest BCUT2D eigenvalue weighted by Gasteiger charge is -2.32. The molecule has 0 spiro atoms. The van der Waals surface area contributed by atoms with E-state index in [2.05, 4.69) is 30.1 Å². The third-order valence-electron chi connectivity index (χ3n) is 2.49. The van der Waals surface area contributed by atoms with Gasteiger partial charge in [-0.25, -0.2) is 0 Å². The maximum atomic E-state index is 5.85. The van der Waals surface area contributed by atoms with Crippen LogP contribution in [0, 0.1) is 0 Å². The van der Waals surface area contributed by atoms with E-state index < -0.39 is 0 Å². The van der Waals surface area contributed by atoms with E-state index in [1.807, 2.05) is 0 Å². The highest BCUT2D eigenvalue weighted by atomic mass is 15.2. The Morgan fingerprint density at radius 1 is 1.50 bits per heavy atom. The summed E-state index contributed by atoms with van der Waals surface area (Å²) in [5.74, 6) is 0. The van der Waals surface area contributed by atoms with Crippen molar-refractivity contribution in [2.45, 2.75) is 32.7 Å². The molecule has 0 bridgehead atoms. The molecular formula is C11H23N3. The van der Waals surface area contributed by atoms with Crippen LogP contribution in [0.5, 0.6) is 0 Å². The Labute approximate surface area is 87.3 Å². The van der Waals surface area contributed by atoms with E-state index in [0.717, 1.165) is 39.0 Å². The predicted octanol–water partition coefficient (Wildman–Crippen LogP) is 0.923. The smallest absolute Gasteiger partial charge is 0.0300 e. The number of hydrogen-bond acceptors (Lipinski definition) is 3. The minimum atomic E-state index is 0.266. The van der Waals surface area contributed by atoms with Crippen LogP contribution >= 0.6 is 0 Å². The standard InChI is InChI=1S/C11H23N3/c1-3-4-11(9-10(2)12)14-7-5-13-6-8-14/h4,10,13H,3,5-9,12H2,1-2H3/b11-4+. The summed E-state index contributed by atoms with van der Waals surface area (Å²) in [6.45, 7) is 8.70.